The maximum absolute atomic E-state index is 13.8. The van der Waals surface area contributed by atoms with Gasteiger partial charge in [0.15, 0.2) is 11.4 Å². The Morgan fingerprint density at radius 2 is 0.806 bits per heavy atom. The summed E-state index contributed by atoms with van der Waals surface area (Å²) in [6, 6.07) is 7.00. The number of benzene rings is 2. The highest BCUT2D eigenvalue weighted by Crippen LogP contribution is 2.34. The number of rotatable bonds is 2. The lowest BCUT2D eigenvalue weighted by Gasteiger charge is -2.28. The van der Waals surface area contributed by atoms with E-state index in [1.807, 2.05) is 13.8 Å². The molecule has 0 N–H and O–H groups in total. The number of hydrogen-bond acceptors (Lipinski definition) is 2. The number of hydrogen-bond donors (Lipinski definition) is 0. The summed E-state index contributed by atoms with van der Waals surface area (Å²) in [5.41, 5.74) is 0.177. The molecule has 3 rings (SSSR count). The lowest BCUT2D eigenvalue weighted by molar-refractivity contribution is -0.0704. The minimum Gasteiger partial charge on any atom is -0.280 e. The maximum atomic E-state index is 13.8. The normalized spacial score (nSPS) is 16.4. The third kappa shape index (κ3) is 3.95. The molecular weight excluding hydrogens is 434 g/mol. The second kappa shape index (κ2) is 7.32. The molecule has 0 amide bonds. The molecule has 0 atom stereocenters. The summed E-state index contributed by atoms with van der Waals surface area (Å²) >= 11 is 0. The third-order valence-electron chi connectivity index (χ3n) is 5.36. The summed E-state index contributed by atoms with van der Waals surface area (Å²) in [5.74, 6) is 0. The molecule has 0 saturated carbocycles. The number of aryl methyl sites for hydroxylation is 6. The Hall–Kier alpha value is -2.42. The van der Waals surface area contributed by atoms with Crippen LogP contribution in [0.25, 0.3) is 0 Å². The summed E-state index contributed by atoms with van der Waals surface area (Å²) in [7, 11) is -4.22. The molecule has 1 aliphatic rings. The van der Waals surface area contributed by atoms with Crippen LogP contribution in [-0.4, -0.2) is 32.2 Å². The van der Waals surface area contributed by atoms with E-state index in [0.29, 0.717) is 32.6 Å². The van der Waals surface area contributed by atoms with Crippen LogP contribution in [0.5, 0.6) is 0 Å². The minimum absolute atomic E-state index is 0.370. The van der Waals surface area contributed by atoms with Gasteiger partial charge in [-0.1, -0.05) is 35.4 Å². The quantitative estimate of drug-likeness (QED) is 0.443. The largest absolute Gasteiger partial charge is 0.434 e. The monoisotopic (exact) mass is 456 g/mol. The number of alkyl halides is 6. The second-order valence-corrected chi connectivity index (χ2v) is 10.9. The summed E-state index contributed by atoms with van der Waals surface area (Å²) in [6.45, 7) is 10.4. The van der Waals surface area contributed by atoms with Gasteiger partial charge in [-0.15, -0.1) is 0 Å². The van der Waals surface area contributed by atoms with Crippen LogP contribution in [0, 0.1) is 41.5 Å². The summed E-state index contributed by atoms with van der Waals surface area (Å²) in [6.07, 6.45) is -10.6. The van der Waals surface area contributed by atoms with Crippen LogP contribution in [0.3, 0.4) is 0 Å². The lowest BCUT2D eigenvalue weighted by atomic mass is 10.1. The van der Waals surface area contributed by atoms with Gasteiger partial charge in [-0.2, -0.15) is 26.3 Å². The van der Waals surface area contributed by atoms with Crippen LogP contribution in [0.2, 0.25) is 0 Å². The zero-order valence-electron chi connectivity index (χ0n) is 18.0. The van der Waals surface area contributed by atoms with Crippen molar-refractivity contribution in [3.8, 4) is 0 Å². The molecule has 0 unspecified atom stereocenters. The Balaban J connectivity index is 2.56. The summed E-state index contributed by atoms with van der Waals surface area (Å²) in [5, 5.41) is 0.739. The molecule has 2 aromatic carbocycles. The molecule has 0 radical (unpaired) electrons. The van der Waals surface area contributed by atoms with E-state index < -0.39 is 32.2 Å². The van der Waals surface area contributed by atoms with E-state index in [2.05, 4.69) is 9.32 Å². The van der Waals surface area contributed by atoms with Crippen LogP contribution in [0.4, 0.5) is 26.3 Å². The predicted molar refractivity (Wildman–Crippen MR) is 113 cm³/mol. The topological polar surface area (TPSA) is 24.7 Å². The van der Waals surface area contributed by atoms with Gasteiger partial charge in [0.2, 0.25) is 0 Å². The number of nitrogens with zero attached hydrogens (tertiary/aromatic N) is 2. The van der Waals surface area contributed by atoms with E-state index in [-0.39, 0.29) is 0 Å². The van der Waals surface area contributed by atoms with Crippen LogP contribution in [-0.2, 0) is 0 Å². The Kier molecular flexibility index (Phi) is 5.49. The molecule has 0 spiro atoms. The molecule has 166 valence electrons. The maximum Gasteiger partial charge on any atom is 0.434 e. The standard InChI is InChI=1S/C22H22F6N2Si/c1-11-7-13(3)17(14(4)8-11)31(18-15(5)9-12(2)10-16(18)6)29-19(21(23,24)25)20(30-31)22(26,27)28/h7-10H,1-6H3. The molecule has 0 aliphatic carbocycles. The average molecular weight is 457 g/mol. The summed E-state index contributed by atoms with van der Waals surface area (Å²) in [4.78, 5) is 0. The van der Waals surface area contributed by atoms with E-state index in [1.165, 1.54) is 0 Å². The van der Waals surface area contributed by atoms with Gasteiger partial charge < -0.3 is 0 Å². The smallest absolute Gasteiger partial charge is 0.280 e. The van der Waals surface area contributed by atoms with Crippen molar-refractivity contribution < 1.29 is 26.3 Å². The van der Waals surface area contributed by atoms with Crippen LogP contribution in [0.1, 0.15) is 33.4 Å². The molecule has 2 aromatic rings. The molecule has 0 saturated heterocycles. The van der Waals surface area contributed by atoms with Gasteiger partial charge >= 0.3 is 20.7 Å². The van der Waals surface area contributed by atoms with Crippen molar-refractivity contribution in [3.05, 3.63) is 57.6 Å². The van der Waals surface area contributed by atoms with Crippen molar-refractivity contribution in [2.45, 2.75) is 53.9 Å². The highest BCUT2D eigenvalue weighted by Gasteiger charge is 2.59. The van der Waals surface area contributed by atoms with Crippen LogP contribution >= 0.6 is 0 Å². The zero-order valence-corrected chi connectivity index (χ0v) is 19.0. The molecule has 1 heterocycles. The molecule has 0 fully saturated rings. The van der Waals surface area contributed by atoms with Crippen LogP contribution < -0.4 is 10.4 Å². The van der Waals surface area contributed by atoms with Crippen molar-refractivity contribution in [1.29, 1.82) is 0 Å². The van der Waals surface area contributed by atoms with Crippen molar-refractivity contribution in [2.75, 3.05) is 0 Å². The Morgan fingerprint density at radius 1 is 0.548 bits per heavy atom. The fourth-order valence-electron chi connectivity index (χ4n) is 4.66. The summed E-state index contributed by atoms with van der Waals surface area (Å²) < 4.78 is 90.3. The fraction of sp³-hybridized carbons (Fsp3) is 0.364. The van der Waals surface area contributed by atoms with Crippen molar-refractivity contribution in [1.82, 2.24) is 0 Å². The third-order valence-corrected chi connectivity index (χ3v) is 9.43. The van der Waals surface area contributed by atoms with Gasteiger partial charge in [0, 0.05) is 0 Å². The molecule has 0 bridgehead atoms. The van der Waals surface area contributed by atoms with E-state index in [0.717, 1.165) is 11.1 Å². The van der Waals surface area contributed by atoms with Gasteiger partial charge in [0.05, 0.1) is 0 Å². The highest BCUT2D eigenvalue weighted by atomic mass is 28.3. The first-order chi connectivity index (χ1) is 14.1. The Bertz CT molecular complexity index is 990. The van der Waals surface area contributed by atoms with E-state index in [9.17, 15) is 26.3 Å². The first-order valence-electron chi connectivity index (χ1n) is 9.59. The van der Waals surface area contributed by atoms with Gasteiger partial charge in [-0.3, -0.25) is 9.32 Å². The predicted octanol–water partition coefficient (Wildman–Crippen LogP) is 5.11. The van der Waals surface area contributed by atoms with E-state index in [1.54, 1.807) is 52.0 Å². The molecule has 1 aliphatic heterocycles. The molecule has 0 aromatic heterocycles. The minimum atomic E-state index is -5.28. The fourth-order valence-corrected chi connectivity index (χ4v) is 9.01. The van der Waals surface area contributed by atoms with Gasteiger partial charge in [0.1, 0.15) is 0 Å². The van der Waals surface area contributed by atoms with Gasteiger partial charge in [0.25, 0.3) is 0 Å². The Labute approximate surface area is 177 Å². The number of halogens is 6. The van der Waals surface area contributed by atoms with Crippen molar-refractivity contribution in [2.24, 2.45) is 9.32 Å². The molecular formula is C22H22F6N2Si. The van der Waals surface area contributed by atoms with Crippen molar-refractivity contribution in [3.63, 3.8) is 0 Å². The first kappa shape index (κ1) is 23.2. The average Bonchev–Trinajstić information content (AvgIpc) is 2.94. The second-order valence-electron chi connectivity index (χ2n) is 8.14. The van der Waals surface area contributed by atoms with Gasteiger partial charge in [-0.25, -0.2) is 0 Å². The van der Waals surface area contributed by atoms with Crippen LogP contribution in [0.15, 0.2) is 33.6 Å². The lowest BCUT2D eigenvalue weighted by Crippen LogP contribution is -2.59. The van der Waals surface area contributed by atoms with E-state index >= 15 is 0 Å². The zero-order chi connectivity index (χ0) is 23.5. The van der Waals surface area contributed by atoms with Crippen molar-refractivity contribution >= 4 is 30.2 Å². The first-order valence-corrected chi connectivity index (χ1v) is 11.5. The SMILES string of the molecule is Cc1cc(C)c([Si]2(c3c(C)cc(C)cc3C)N=C(C(F)(F)F)C(C(F)(F)F)=N2)c(C)c1. The highest BCUT2D eigenvalue weighted by molar-refractivity contribution is 7.04. The molecule has 9 heteroatoms. The van der Waals surface area contributed by atoms with E-state index in [4.69, 9.17) is 0 Å². The molecule has 31 heavy (non-hydrogen) atoms. The Morgan fingerprint density at radius 3 is 1.03 bits per heavy atom. The molecule has 2 nitrogen and oxygen atoms in total. The van der Waals surface area contributed by atoms with Gasteiger partial charge in [-0.05, 0) is 74.2 Å².